The van der Waals surface area contributed by atoms with Crippen LogP contribution in [0.3, 0.4) is 0 Å². The zero-order chi connectivity index (χ0) is 12.7. The summed E-state index contributed by atoms with van der Waals surface area (Å²) >= 11 is 0. The SMILES string of the molecule is CCN(CC)C(N(CC)CC)=[N+]1CCCCC1. The molecule has 1 aliphatic rings. The molecule has 0 aromatic heterocycles. The van der Waals surface area contributed by atoms with Crippen molar-refractivity contribution in [1.29, 1.82) is 0 Å². The lowest BCUT2D eigenvalue weighted by Crippen LogP contribution is -2.50. The molecule has 3 heteroatoms. The summed E-state index contributed by atoms with van der Waals surface area (Å²) < 4.78 is 2.60. The van der Waals surface area contributed by atoms with E-state index in [1.165, 1.54) is 38.3 Å². The Morgan fingerprint density at radius 1 is 0.765 bits per heavy atom. The van der Waals surface area contributed by atoms with E-state index >= 15 is 0 Å². The summed E-state index contributed by atoms with van der Waals surface area (Å²) in [6, 6.07) is 0. The van der Waals surface area contributed by atoms with E-state index in [0.717, 1.165) is 26.2 Å². The van der Waals surface area contributed by atoms with Gasteiger partial charge in [0.25, 0.3) is 0 Å². The minimum atomic E-state index is 1.11. The minimum absolute atomic E-state index is 1.11. The van der Waals surface area contributed by atoms with Gasteiger partial charge in [-0.3, -0.25) is 14.4 Å². The molecule has 0 atom stereocenters. The molecular weight excluding hydrogens is 210 g/mol. The third-order valence-electron chi connectivity index (χ3n) is 3.73. The second-order valence-corrected chi connectivity index (χ2v) is 4.69. The Morgan fingerprint density at radius 2 is 1.18 bits per heavy atom. The smallest absolute Gasteiger partial charge is 0.265 e. The Morgan fingerprint density at radius 3 is 1.53 bits per heavy atom. The second kappa shape index (κ2) is 7.57. The van der Waals surface area contributed by atoms with Crippen LogP contribution in [0.1, 0.15) is 47.0 Å². The molecule has 17 heavy (non-hydrogen) atoms. The van der Waals surface area contributed by atoms with Gasteiger partial charge in [0.2, 0.25) is 0 Å². The first-order valence-corrected chi connectivity index (χ1v) is 7.40. The lowest BCUT2D eigenvalue weighted by atomic mass is 10.1. The van der Waals surface area contributed by atoms with Crippen molar-refractivity contribution in [2.75, 3.05) is 39.3 Å². The first kappa shape index (κ1) is 14.3. The van der Waals surface area contributed by atoms with Crippen LogP contribution in [0.4, 0.5) is 0 Å². The molecule has 0 saturated carbocycles. The van der Waals surface area contributed by atoms with Gasteiger partial charge in [0.05, 0.1) is 39.3 Å². The fraction of sp³-hybridized carbons (Fsp3) is 0.929. The number of guanidine groups is 1. The van der Waals surface area contributed by atoms with Gasteiger partial charge in [-0.2, -0.15) is 0 Å². The van der Waals surface area contributed by atoms with Crippen LogP contribution in [-0.4, -0.2) is 59.6 Å². The van der Waals surface area contributed by atoms with Crippen LogP contribution in [0.2, 0.25) is 0 Å². The molecule has 3 nitrogen and oxygen atoms in total. The predicted molar refractivity (Wildman–Crippen MR) is 74.7 cm³/mol. The Labute approximate surface area is 107 Å². The summed E-state index contributed by atoms with van der Waals surface area (Å²) in [6.45, 7) is 16.0. The first-order valence-electron chi connectivity index (χ1n) is 7.40. The molecule has 0 aliphatic carbocycles. The average Bonchev–Trinajstić information content (AvgIpc) is 2.40. The summed E-state index contributed by atoms with van der Waals surface area (Å²) in [5, 5.41) is 0. The highest BCUT2D eigenvalue weighted by Crippen LogP contribution is 2.08. The summed E-state index contributed by atoms with van der Waals surface area (Å²) in [5.41, 5.74) is 0. The van der Waals surface area contributed by atoms with Gasteiger partial charge in [-0.15, -0.1) is 0 Å². The lowest BCUT2D eigenvalue weighted by Gasteiger charge is -2.29. The highest BCUT2D eigenvalue weighted by molar-refractivity contribution is 5.75. The Kier molecular flexibility index (Phi) is 6.38. The minimum Gasteiger partial charge on any atom is -0.265 e. The molecule has 0 radical (unpaired) electrons. The van der Waals surface area contributed by atoms with Gasteiger partial charge in [-0.25, -0.2) is 0 Å². The van der Waals surface area contributed by atoms with E-state index in [2.05, 4.69) is 42.1 Å². The van der Waals surface area contributed by atoms with Gasteiger partial charge < -0.3 is 0 Å². The summed E-state index contributed by atoms with van der Waals surface area (Å²) in [6.07, 6.45) is 4.11. The molecule has 0 amide bonds. The first-order chi connectivity index (χ1) is 8.28. The topological polar surface area (TPSA) is 9.49 Å². The number of hydrogen-bond donors (Lipinski definition) is 0. The van der Waals surface area contributed by atoms with Crippen molar-refractivity contribution < 1.29 is 4.58 Å². The molecular formula is C14H30N3+. The highest BCUT2D eigenvalue weighted by atomic mass is 15.4. The van der Waals surface area contributed by atoms with Gasteiger partial charge in [-0.05, 0) is 47.0 Å². The van der Waals surface area contributed by atoms with Crippen LogP contribution in [-0.2, 0) is 0 Å². The fourth-order valence-corrected chi connectivity index (χ4v) is 2.71. The maximum Gasteiger partial charge on any atom is 0.350 e. The predicted octanol–water partition coefficient (Wildman–Crippen LogP) is 2.22. The molecule has 0 N–H and O–H groups in total. The average molecular weight is 240 g/mol. The summed E-state index contributed by atoms with van der Waals surface area (Å²) in [7, 11) is 0. The monoisotopic (exact) mass is 240 g/mol. The molecule has 0 aromatic carbocycles. The Bertz CT molecular complexity index is 218. The third-order valence-corrected chi connectivity index (χ3v) is 3.73. The number of hydrogen-bond acceptors (Lipinski definition) is 0. The van der Waals surface area contributed by atoms with Crippen LogP contribution in [0.15, 0.2) is 0 Å². The van der Waals surface area contributed by atoms with Crippen LogP contribution < -0.4 is 0 Å². The fourth-order valence-electron chi connectivity index (χ4n) is 2.71. The van der Waals surface area contributed by atoms with Crippen molar-refractivity contribution in [2.24, 2.45) is 0 Å². The Hall–Kier alpha value is -0.730. The molecule has 100 valence electrons. The van der Waals surface area contributed by atoms with Crippen molar-refractivity contribution >= 4 is 5.96 Å². The van der Waals surface area contributed by atoms with Crippen LogP contribution in [0, 0.1) is 0 Å². The number of piperidine rings is 1. The zero-order valence-corrected chi connectivity index (χ0v) is 12.2. The molecule has 0 spiro atoms. The third kappa shape index (κ3) is 3.62. The van der Waals surface area contributed by atoms with E-state index in [4.69, 9.17) is 0 Å². The normalized spacial score (nSPS) is 15.9. The maximum absolute atomic E-state index is 2.60. The lowest BCUT2D eigenvalue weighted by molar-refractivity contribution is -0.547. The summed E-state index contributed by atoms with van der Waals surface area (Å²) in [5.74, 6) is 1.47. The molecule has 1 heterocycles. The van der Waals surface area contributed by atoms with E-state index in [1.807, 2.05) is 0 Å². The van der Waals surface area contributed by atoms with Crippen LogP contribution in [0.5, 0.6) is 0 Å². The van der Waals surface area contributed by atoms with Crippen LogP contribution in [0.25, 0.3) is 0 Å². The standard InChI is InChI=1S/C14H30N3/c1-5-15(6-2)14(16(7-3)8-4)17-12-10-9-11-13-17/h5-13H2,1-4H3/q+1. The molecule has 1 fully saturated rings. The van der Waals surface area contributed by atoms with E-state index in [0.29, 0.717) is 0 Å². The molecule has 1 rings (SSSR count). The molecule has 0 aromatic rings. The molecule has 1 saturated heterocycles. The van der Waals surface area contributed by atoms with E-state index in [-0.39, 0.29) is 0 Å². The largest absolute Gasteiger partial charge is 0.350 e. The summed E-state index contributed by atoms with van der Waals surface area (Å²) in [4.78, 5) is 5.02. The van der Waals surface area contributed by atoms with E-state index < -0.39 is 0 Å². The zero-order valence-electron chi connectivity index (χ0n) is 12.2. The van der Waals surface area contributed by atoms with Crippen LogP contribution >= 0.6 is 0 Å². The number of nitrogens with zero attached hydrogens (tertiary/aromatic N) is 3. The number of rotatable bonds is 4. The maximum atomic E-state index is 2.60. The van der Waals surface area contributed by atoms with Gasteiger partial charge >= 0.3 is 5.96 Å². The Balaban J connectivity index is 2.97. The quantitative estimate of drug-likeness (QED) is 0.550. The molecule has 1 aliphatic heterocycles. The van der Waals surface area contributed by atoms with Gasteiger partial charge in [-0.1, -0.05) is 0 Å². The van der Waals surface area contributed by atoms with E-state index in [9.17, 15) is 0 Å². The van der Waals surface area contributed by atoms with Gasteiger partial charge in [0.15, 0.2) is 0 Å². The van der Waals surface area contributed by atoms with Crippen molar-refractivity contribution in [2.45, 2.75) is 47.0 Å². The second-order valence-electron chi connectivity index (χ2n) is 4.69. The van der Waals surface area contributed by atoms with E-state index in [1.54, 1.807) is 0 Å². The molecule has 0 bridgehead atoms. The van der Waals surface area contributed by atoms with Crippen molar-refractivity contribution in [3.05, 3.63) is 0 Å². The van der Waals surface area contributed by atoms with Gasteiger partial charge in [0, 0.05) is 0 Å². The van der Waals surface area contributed by atoms with Crippen molar-refractivity contribution in [3.8, 4) is 0 Å². The van der Waals surface area contributed by atoms with Crippen molar-refractivity contribution in [1.82, 2.24) is 9.80 Å². The highest BCUT2D eigenvalue weighted by Gasteiger charge is 2.26. The van der Waals surface area contributed by atoms with Crippen molar-refractivity contribution in [3.63, 3.8) is 0 Å². The van der Waals surface area contributed by atoms with Gasteiger partial charge in [0.1, 0.15) is 0 Å². The molecule has 0 unspecified atom stereocenters.